The van der Waals surface area contributed by atoms with Crippen LogP contribution >= 0.6 is 11.6 Å². The van der Waals surface area contributed by atoms with Crippen molar-refractivity contribution >= 4 is 27.3 Å². The van der Waals surface area contributed by atoms with Crippen LogP contribution in [0.2, 0.25) is 5.02 Å². The molecule has 2 N–H and O–H groups in total. The molecule has 0 bridgehead atoms. The maximum Gasteiger partial charge on any atom is 0.251 e. The van der Waals surface area contributed by atoms with E-state index >= 15 is 0 Å². The number of carbonyl (C=O) groups is 1. The van der Waals surface area contributed by atoms with E-state index in [1.807, 2.05) is 12.1 Å². The van der Waals surface area contributed by atoms with E-state index in [-0.39, 0.29) is 22.9 Å². The molecule has 0 spiro atoms. The van der Waals surface area contributed by atoms with Gasteiger partial charge in [-0.15, -0.1) is 0 Å². The van der Waals surface area contributed by atoms with Crippen LogP contribution in [0.5, 0.6) is 0 Å². The molecule has 0 heterocycles. The van der Waals surface area contributed by atoms with Crippen LogP contribution in [-0.4, -0.2) is 39.2 Å². The minimum atomic E-state index is -3.26. The molecule has 0 radical (unpaired) electrons. The monoisotopic (exact) mass is 434 g/mol. The molecule has 1 fully saturated rings. The summed E-state index contributed by atoms with van der Waals surface area (Å²) in [6, 6.07) is 14.4. The Morgan fingerprint density at radius 1 is 1.03 bits per heavy atom. The summed E-state index contributed by atoms with van der Waals surface area (Å²) in [6.07, 6.45) is 6.23. The number of carbonyl (C=O) groups excluding carboxylic acids is 1. The lowest BCUT2D eigenvalue weighted by Crippen LogP contribution is -2.47. The summed E-state index contributed by atoms with van der Waals surface area (Å²) in [5.74, 6) is -0.162. The second-order valence-electron chi connectivity index (χ2n) is 7.60. The summed E-state index contributed by atoms with van der Waals surface area (Å²) < 4.78 is 23.1. The fraction of sp³-hybridized carbons (Fsp3) is 0.409. The van der Waals surface area contributed by atoms with Crippen molar-refractivity contribution in [2.75, 3.05) is 12.8 Å². The van der Waals surface area contributed by atoms with Gasteiger partial charge in [-0.2, -0.15) is 0 Å². The predicted molar refractivity (Wildman–Crippen MR) is 116 cm³/mol. The molecule has 1 amide bonds. The molecule has 3 rings (SSSR count). The van der Waals surface area contributed by atoms with Gasteiger partial charge in [0.15, 0.2) is 9.84 Å². The first-order chi connectivity index (χ1) is 13.8. The van der Waals surface area contributed by atoms with Gasteiger partial charge in [-0.05, 0) is 80.6 Å². The standard InChI is InChI=1S/C22H27ClN2O3S/c1-29(27,28)19-13-9-17(10-14-19)22(26)25-21-6-2-5-20(21)24-15-3-4-16-7-11-18(23)12-8-16/h7-14,20-21,24H,2-6,15H2,1H3,(H,25,26)/t20-,21-/m1/s1. The van der Waals surface area contributed by atoms with Crippen LogP contribution in [0.4, 0.5) is 0 Å². The lowest BCUT2D eigenvalue weighted by Gasteiger charge is -2.22. The maximum absolute atomic E-state index is 12.6. The van der Waals surface area contributed by atoms with E-state index in [0.717, 1.165) is 49.9 Å². The first-order valence-electron chi connectivity index (χ1n) is 9.92. The number of halogens is 1. The van der Waals surface area contributed by atoms with Crippen LogP contribution in [0.25, 0.3) is 0 Å². The zero-order chi connectivity index (χ0) is 20.9. The van der Waals surface area contributed by atoms with Gasteiger partial charge in [0.2, 0.25) is 0 Å². The first kappa shape index (κ1) is 21.8. The van der Waals surface area contributed by atoms with Crippen molar-refractivity contribution in [2.45, 2.75) is 49.1 Å². The third-order valence-electron chi connectivity index (χ3n) is 5.34. The second kappa shape index (κ2) is 9.74. The summed E-state index contributed by atoms with van der Waals surface area (Å²) >= 11 is 5.91. The molecule has 1 aliphatic carbocycles. The number of hydrogen-bond acceptors (Lipinski definition) is 4. The van der Waals surface area contributed by atoms with Crippen molar-refractivity contribution < 1.29 is 13.2 Å². The molecule has 1 aliphatic rings. The smallest absolute Gasteiger partial charge is 0.251 e. The molecule has 29 heavy (non-hydrogen) atoms. The Bertz CT molecular complexity index is 928. The molecule has 2 aromatic rings. The number of amides is 1. The van der Waals surface area contributed by atoms with Crippen LogP contribution in [0.1, 0.15) is 41.6 Å². The van der Waals surface area contributed by atoms with Crippen LogP contribution in [0, 0.1) is 0 Å². The molecule has 1 saturated carbocycles. The zero-order valence-corrected chi connectivity index (χ0v) is 18.1. The highest BCUT2D eigenvalue weighted by Gasteiger charge is 2.28. The maximum atomic E-state index is 12.6. The number of sulfone groups is 1. The molecule has 0 aromatic heterocycles. The first-order valence-corrected chi connectivity index (χ1v) is 12.2. The average molecular weight is 435 g/mol. The molecule has 2 atom stereocenters. The molecular formula is C22H27ClN2O3S. The van der Waals surface area contributed by atoms with Crippen molar-refractivity contribution in [3.8, 4) is 0 Å². The van der Waals surface area contributed by atoms with Gasteiger partial charge in [-0.3, -0.25) is 4.79 Å². The normalized spacial score (nSPS) is 19.2. The van der Waals surface area contributed by atoms with Gasteiger partial charge in [0, 0.05) is 28.9 Å². The lowest BCUT2D eigenvalue weighted by atomic mass is 10.1. The molecule has 7 heteroatoms. The number of benzene rings is 2. The Kier molecular flexibility index (Phi) is 7.33. The molecule has 156 valence electrons. The quantitative estimate of drug-likeness (QED) is 0.622. The minimum absolute atomic E-state index is 0.0904. The topological polar surface area (TPSA) is 75.3 Å². The van der Waals surface area contributed by atoms with Crippen LogP contribution < -0.4 is 10.6 Å². The summed E-state index contributed by atoms with van der Waals surface area (Å²) in [4.78, 5) is 12.8. The van der Waals surface area contributed by atoms with Crippen molar-refractivity contribution in [1.82, 2.24) is 10.6 Å². The summed E-state index contributed by atoms with van der Waals surface area (Å²) in [6.45, 7) is 0.892. The Labute approximate surface area is 177 Å². The minimum Gasteiger partial charge on any atom is -0.348 e. The van der Waals surface area contributed by atoms with Gasteiger partial charge >= 0.3 is 0 Å². The average Bonchev–Trinajstić information content (AvgIpc) is 3.13. The Hall–Kier alpha value is -1.89. The van der Waals surface area contributed by atoms with Gasteiger partial charge < -0.3 is 10.6 Å². The Morgan fingerprint density at radius 3 is 2.34 bits per heavy atom. The third kappa shape index (κ3) is 6.29. The molecule has 2 aromatic carbocycles. The van der Waals surface area contributed by atoms with E-state index in [1.165, 1.54) is 17.7 Å². The SMILES string of the molecule is CS(=O)(=O)c1ccc(C(=O)N[C@@H]2CCC[C@H]2NCCCc2ccc(Cl)cc2)cc1. The van der Waals surface area contributed by atoms with Gasteiger partial charge in [-0.25, -0.2) is 8.42 Å². The van der Waals surface area contributed by atoms with Gasteiger partial charge in [-0.1, -0.05) is 23.7 Å². The van der Waals surface area contributed by atoms with Crippen molar-refractivity contribution in [1.29, 1.82) is 0 Å². The molecule has 0 aliphatic heterocycles. The summed E-state index contributed by atoms with van der Waals surface area (Å²) in [5.41, 5.74) is 1.75. The number of rotatable bonds is 8. The van der Waals surface area contributed by atoms with E-state index in [4.69, 9.17) is 11.6 Å². The summed E-state index contributed by atoms with van der Waals surface area (Å²) in [7, 11) is -3.26. The van der Waals surface area contributed by atoms with Gasteiger partial charge in [0.05, 0.1) is 4.90 Å². The Balaban J connectivity index is 1.47. The molecule has 5 nitrogen and oxygen atoms in total. The van der Waals surface area contributed by atoms with Crippen LogP contribution in [-0.2, 0) is 16.3 Å². The van der Waals surface area contributed by atoms with Crippen molar-refractivity contribution in [2.24, 2.45) is 0 Å². The predicted octanol–water partition coefficient (Wildman–Crippen LogP) is 3.62. The van der Waals surface area contributed by atoms with Crippen molar-refractivity contribution in [3.63, 3.8) is 0 Å². The van der Waals surface area contributed by atoms with E-state index < -0.39 is 9.84 Å². The van der Waals surface area contributed by atoms with Crippen LogP contribution in [0.15, 0.2) is 53.4 Å². The van der Waals surface area contributed by atoms with Crippen molar-refractivity contribution in [3.05, 3.63) is 64.7 Å². The number of nitrogens with one attached hydrogen (secondary N) is 2. The van der Waals surface area contributed by atoms with E-state index in [9.17, 15) is 13.2 Å². The second-order valence-corrected chi connectivity index (χ2v) is 10.1. The molecular weight excluding hydrogens is 408 g/mol. The fourth-order valence-corrected chi connectivity index (χ4v) is 4.47. The number of aryl methyl sites for hydroxylation is 1. The third-order valence-corrected chi connectivity index (χ3v) is 6.72. The number of hydrogen-bond donors (Lipinski definition) is 2. The van der Waals surface area contributed by atoms with E-state index in [2.05, 4.69) is 22.8 Å². The highest BCUT2D eigenvalue weighted by atomic mass is 35.5. The van der Waals surface area contributed by atoms with Gasteiger partial charge in [0.1, 0.15) is 0 Å². The summed E-state index contributed by atoms with van der Waals surface area (Å²) in [5, 5.41) is 7.43. The zero-order valence-electron chi connectivity index (χ0n) is 16.5. The highest BCUT2D eigenvalue weighted by molar-refractivity contribution is 7.90. The lowest BCUT2D eigenvalue weighted by molar-refractivity contribution is 0.0931. The molecule has 0 unspecified atom stereocenters. The van der Waals surface area contributed by atoms with E-state index in [0.29, 0.717) is 5.56 Å². The van der Waals surface area contributed by atoms with E-state index in [1.54, 1.807) is 12.1 Å². The van der Waals surface area contributed by atoms with Gasteiger partial charge in [0.25, 0.3) is 5.91 Å². The van der Waals surface area contributed by atoms with Crippen LogP contribution in [0.3, 0.4) is 0 Å². The Morgan fingerprint density at radius 2 is 1.69 bits per heavy atom. The largest absolute Gasteiger partial charge is 0.348 e. The molecule has 0 saturated heterocycles. The fourth-order valence-electron chi connectivity index (χ4n) is 3.71. The highest BCUT2D eigenvalue weighted by Crippen LogP contribution is 2.20.